The van der Waals surface area contributed by atoms with Gasteiger partial charge < -0.3 is 29.8 Å². The van der Waals surface area contributed by atoms with Gasteiger partial charge in [-0.15, -0.1) is 0 Å². The lowest BCUT2D eigenvalue weighted by molar-refractivity contribution is -0.765. The van der Waals surface area contributed by atoms with Crippen LogP contribution in [0.2, 0.25) is 0 Å². The van der Waals surface area contributed by atoms with E-state index < -0.39 is 44.9 Å². The molecule has 22 heavy (non-hydrogen) atoms. The number of nitrogens with zero attached hydrogens (tertiary/aromatic N) is 1. The molecule has 11 heteroatoms. The number of phosphoric acid groups is 1. The van der Waals surface area contributed by atoms with Gasteiger partial charge in [0.25, 0.3) is 6.23 Å². The molecular weight excluding hydrogens is 321 g/mol. The maximum absolute atomic E-state index is 10.9. The first-order valence-corrected chi connectivity index (χ1v) is 7.68. The molecule has 0 radical (unpaired) electrons. The molecule has 10 nitrogen and oxygen atoms in total. The average Bonchev–Trinajstić information content (AvgIpc) is 2.72. The van der Waals surface area contributed by atoms with Crippen LogP contribution < -0.4 is 4.57 Å². The number of pyridine rings is 1. The zero-order chi connectivity index (χ0) is 16.5. The maximum atomic E-state index is 10.9. The standard InChI is InChI=1S/C11H14NO9P/c13-8-7(5-20-22(17,18)19)21-10(9(8)14)12-3-1-2-6(4-12)11(15)16/h1-4,7-10,13-14H,5H2,(H2-,15,16,17,18,19)/p+1/t7-,8?,9+,10-/m1/s1. The Balaban J connectivity index is 2.14. The first-order chi connectivity index (χ1) is 10.2. The van der Waals surface area contributed by atoms with Crippen LogP contribution in [0.1, 0.15) is 16.6 Å². The monoisotopic (exact) mass is 336 g/mol. The van der Waals surface area contributed by atoms with E-state index in [0.717, 1.165) is 0 Å². The highest BCUT2D eigenvalue weighted by atomic mass is 31.2. The van der Waals surface area contributed by atoms with Crippen molar-refractivity contribution >= 4 is 13.8 Å². The SMILES string of the molecule is O=C(O)c1ccc[n+]([C@@H]2O[C@H](COP(=O)(O)O)C(O)[C@@H]2O)c1. The number of carbonyl (C=O) groups is 1. The van der Waals surface area contributed by atoms with Crippen molar-refractivity contribution < 1.29 is 48.3 Å². The number of phosphoric ester groups is 1. The minimum Gasteiger partial charge on any atom is -0.477 e. The van der Waals surface area contributed by atoms with Crippen LogP contribution in [-0.2, 0) is 13.8 Å². The fourth-order valence-electron chi connectivity index (χ4n) is 2.06. The molecule has 2 rings (SSSR count). The topological polar surface area (TPSA) is 158 Å². The fraction of sp³-hybridized carbons (Fsp3) is 0.455. The number of carboxylic acids is 1. The van der Waals surface area contributed by atoms with Crippen LogP contribution in [0, 0.1) is 0 Å². The van der Waals surface area contributed by atoms with Gasteiger partial charge in [-0.1, -0.05) is 0 Å². The van der Waals surface area contributed by atoms with E-state index in [1.807, 2.05) is 0 Å². The second kappa shape index (κ2) is 6.39. The first kappa shape index (κ1) is 17.0. The van der Waals surface area contributed by atoms with Crippen molar-refractivity contribution in [2.75, 3.05) is 6.61 Å². The normalized spacial score (nSPS) is 28.7. The van der Waals surface area contributed by atoms with E-state index in [-0.39, 0.29) is 5.56 Å². The second-order valence-corrected chi connectivity index (χ2v) is 5.92. The predicted molar refractivity (Wildman–Crippen MR) is 67.5 cm³/mol. The van der Waals surface area contributed by atoms with Gasteiger partial charge in [0.15, 0.2) is 18.5 Å². The van der Waals surface area contributed by atoms with Gasteiger partial charge in [0.05, 0.1) is 6.61 Å². The molecule has 0 saturated carbocycles. The van der Waals surface area contributed by atoms with Gasteiger partial charge >= 0.3 is 13.8 Å². The van der Waals surface area contributed by atoms with Crippen molar-refractivity contribution in [2.24, 2.45) is 0 Å². The van der Waals surface area contributed by atoms with Gasteiger partial charge in [-0.25, -0.2) is 9.36 Å². The predicted octanol–water partition coefficient (Wildman–Crippen LogP) is -1.60. The molecule has 122 valence electrons. The molecule has 5 N–H and O–H groups in total. The Bertz CT molecular complexity index is 603. The van der Waals surface area contributed by atoms with Crippen LogP contribution in [0.3, 0.4) is 0 Å². The third-order valence-corrected chi connectivity index (χ3v) is 3.59. The van der Waals surface area contributed by atoms with E-state index in [2.05, 4.69) is 4.52 Å². The van der Waals surface area contributed by atoms with E-state index in [4.69, 9.17) is 19.6 Å². The molecule has 1 saturated heterocycles. The summed E-state index contributed by atoms with van der Waals surface area (Å²) in [4.78, 5) is 28.2. The lowest BCUT2D eigenvalue weighted by Crippen LogP contribution is -2.46. The number of hydrogen-bond donors (Lipinski definition) is 5. The Kier molecular flexibility index (Phi) is 4.93. The quantitative estimate of drug-likeness (QED) is 0.315. The molecule has 0 bridgehead atoms. The Morgan fingerprint density at radius 2 is 2.05 bits per heavy atom. The van der Waals surface area contributed by atoms with Crippen molar-refractivity contribution in [3.05, 3.63) is 30.1 Å². The van der Waals surface area contributed by atoms with Crippen LogP contribution in [0.4, 0.5) is 0 Å². The third kappa shape index (κ3) is 3.87. The minimum atomic E-state index is -4.73. The molecule has 0 aliphatic carbocycles. The first-order valence-electron chi connectivity index (χ1n) is 6.15. The van der Waals surface area contributed by atoms with E-state index in [1.54, 1.807) is 0 Å². The number of aromatic carboxylic acids is 1. The highest BCUT2D eigenvalue weighted by Gasteiger charge is 2.48. The summed E-state index contributed by atoms with van der Waals surface area (Å²) in [7, 11) is -4.73. The fourth-order valence-corrected chi connectivity index (χ4v) is 2.40. The molecule has 1 aliphatic rings. The lowest BCUT2D eigenvalue weighted by atomic mass is 10.1. The lowest BCUT2D eigenvalue weighted by Gasteiger charge is -2.13. The van der Waals surface area contributed by atoms with Gasteiger partial charge in [0.2, 0.25) is 0 Å². The molecule has 2 heterocycles. The molecule has 4 atom stereocenters. The van der Waals surface area contributed by atoms with Gasteiger partial charge in [-0.05, 0) is 6.07 Å². The minimum absolute atomic E-state index is 0.0530. The highest BCUT2D eigenvalue weighted by Crippen LogP contribution is 2.37. The third-order valence-electron chi connectivity index (χ3n) is 3.11. The zero-order valence-corrected chi connectivity index (χ0v) is 12.0. The summed E-state index contributed by atoms with van der Waals surface area (Å²) in [6.07, 6.45) is -2.51. The molecular formula is C11H15NO9P+. The number of aromatic nitrogens is 1. The van der Waals surface area contributed by atoms with Gasteiger partial charge in [-0.2, -0.15) is 4.57 Å². The number of hydrogen-bond acceptors (Lipinski definition) is 6. The maximum Gasteiger partial charge on any atom is 0.469 e. The molecule has 1 aromatic rings. The van der Waals surface area contributed by atoms with Crippen molar-refractivity contribution in [3.63, 3.8) is 0 Å². The molecule has 1 fully saturated rings. The van der Waals surface area contributed by atoms with Crippen LogP contribution in [0.15, 0.2) is 24.5 Å². The summed E-state index contributed by atoms with van der Waals surface area (Å²) in [5.41, 5.74) is -0.0530. The number of ether oxygens (including phenoxy) is 1. The summed E-state index contributed by atoms with van der Waals surface area (Å²) in [5, 5.41) is 28.7. The molecule has 1 aromatic heterocycles. The summed E-state index contributed by atoms with van der Waals surface area (Å²) in [6, 6.07) is 2.76. The van der Waals surface area contributed by atoms with Crippen molar-refractivity contribution in [1.82, 2.24) is 0 Å². The molecule has 0 amide bonds. The second-order valence-electron chi connectivity index (χ2n) is 4.68. The average molecular weight is 336 g/mol. The van der Waals surface area contributed by atoms with E-state index in [1.165, 1.54) is 29.1 Å². The zero-order valence-electron chi connectivity index (χ0n) is 11.1. The van der Waals surface area contributed by atoms with Crippen LogP contribution in [0.25, 0.3) is 0 Å². The van der Waals surface area contributed by atoms with Gasteiger partial charge in [0.1, 0.15) is 17.8 Å². The Morgan fingerprint density at radius 1 is 1.36 bits per heavy atom. The smallest absolute Gasteiger partial charge is 0.469 e. The van der Waals surface area contributed by atoms with E-state index in [0.29, 0.717) is 0 Å². The molecule has 0 spiro atoms. The molecule has 1 aliphatic heterocycles. The Labute approximate surface area is 124 Å². The van der Waals surface area contributed by atoms with Crippen molar-refractivity contribution in [3.8, 4) is 0 Å². The van der Waals surface area contributed by atoms with E-state index >= 15 is 0 Å². The summed E-state index contributed by atoms with van der Waals surface area (Å²) in [5.74, 6) is -1.18. The molecule has 1 unspecified atom stereocenters. The van der Waals surface area contributed by atoms with Crippen LogP contribution in [-0.4, -0.2) is 56.0 Å². The van der Waals surface area contributed by atoms with E-state index in [9.17, 15) is 19.6 Å². The largest absolute Gasteiger partial charge is 0.477 e. The van der Waals surface area contributed by atoms with Gasteiger partial charge in [0, 0.05) is 6.07 Å². The number of carboxylic acid groups (broad SMARTS) is 1. The summed E-state index contributed by atoms with van der Waals surface area (Å²) in [6.45, 7) is -0.627. The highest BCUT2D eigenvalue weighted by molar-refractivity contribution is 7.46. The summed E-state index contributed by atoms with van der Waals surface area (Å²) < 4.78 is 21.4. The van der Waals surface area contributed by atoms with Crippen LogP contribution in [0.5, 0.6) is 0 Å². The number of aliphatic hydroxyl groups excluding tert-OH is 2. The molecule has 0 aromatic carbocycles. The number of rotatable bonds is 5. The van der Waals surface area contributed by atoms with Gasteiger partial charge in [-0.3, -0.25) is 4.52 Å². The van der Waals surface area contributed by atoms with Crippen LogP contribution >= 0.6 is 7.82 Å². The van der Waals surface area contributed by atoms with Crippen molar-refractivity contribution in [2.45, 2.75) is 24.5 Å². The summed E-state index contributed by atoms with van der Waals surface area (Å²) >= 11 is 0. The Hall–Kier alpha value is -1.39. The van der Waals surface area contributed by atoms with Crippen molar-refractivity contribution in [1.29, 1.82) is 0 Å². The number of aliphatic hydroxyl groups is 2. The Morgan fingerprint density at radius 3 is 2.64 bits per heavy atom.